The van der Waals surface area contributed by atoms with Crippen molar-refractivity contribution in [1.29, 1.82) is 5.41 Å². The fourth-order valence-electron chi connectivity index (χ4n) is 1.76. The second-order valence-electron chi connectivity index (χ2n) is 4.21. The molecular formula is C15H16N4O2. The van der Waals surface area contributed by atoms with Crippen molar-refractivity contribution in [3.8, 4) is 11.5 Å². The Morgan fingerprint density at radius 2 is 2.05 bits per heavy atom. The number of phenols is 1. The molecule has 0 aliphatic rings. The predicted molar refractivity (Wildman–Crippen MR) is 83.1 cm³/mol. The summed E-state index contributed by atoms with van der Waals surface area (Å²) in [7, 11) is 1.47. The third-order valence-electron chi connectivity index (χ3n) is 2.78. The van der Waals surface area contributed by atoms with Crippen LogP contribution in [-0.2, 0) is 0 Å². The Balaban J connectivity index is 0.000000154. The number of hydrogen-bond acceptors (Lipinski definition) is 5. The van der Waals surface area contributed by atoms with E-state index in [0.29, 0.717) is 17.3 Å². The number of nitrogens with zero attached hydrogens (tertiary/aromatic N) is 1. The molecule has 6 nitrogen and oxygen atoms in total. The van der Waals surface area contributed by atoms with Crippen LogP contribution in [0.1, 0.15) is 5.56 Å². The van der Waals surface area contributed by atoms with Crippen molar-refractivity contribution < 1.29 is 9.84 Å². The summed E-state index contributed by atoms with van der Waals surface area (Å²) in [5, 5.41) is 16.1. The van der Waals surface area contributed by atoms with Crippen LogP contribution in [0.2, 0.25) is 0 Å². The maximum atomic E-state index is 9.13. The van der Waals surface area contributed by atoms with E-state index in [1.165, 1.54) is 19.4 Å². The van der Waals surface area contributed by atoms with Crippen molar-refractivity contribution >= 4 is 23.2 Å². The number of fused-ring (bicyclic) bond motifs is 1. The highest BCUT2D eigenvalue weighted by Gasteiger charge is 1.99. The van der Waals surface area contributed by atoms with Crippen molar-refractivity contribution in [2.75, 3.05) is 12.8 Å². The molecule has 0 aliphatic carbocycles. The van der Waals surface area contributed by atoms with Crippen LogP contribution in [0, 0.1) is 5.41 Å². The smallest absolute Gasteiger partial charge is 0.198 e. The Morgan fingerprint density at radius 3 is 2.71 bits per heavy atom. The summed E-state index contributed by atoms with van der Waals surface area (Å²) in [6.45, 7) is 0. The predicted octanol–water partition coefficient (Wildman–Crippen LogP) is 2.54. The van der Waals surface area contributed by atoms with Crippen molar-refractivity contribution in [3.63, 3.8) is 0 Å². The number of aromatic nitrogens is 2. The summed E-state index contributed by atoms with van der Waals surface area (Å²) < 4.78 is 4.83. The van der Waals surface area contributed by atoms with Gasteiger partial charge in [0.05, 0.1) is 18.1 Å². The van der Waals surface area contributed by atoms with E-state index in [4.69, 9.17) is 21.0 Å². The highest BCUT2D eigenvalue weighted by atomic mass is 16.5. The van der Waals surface area contributed by atoms with Gasteiger partial charge in [-0.3, -0.25) is 0 Å². The molecule has 2 aromatic carbocycles. The molecule has 0 spiro atoms. The van der Waals surface area contributed by atoms with Crippen molar-refractivity contribution in [3.05, 3.63) is 48.0 Å². The molecule has 0 radical (unpaired) electrons. The quantitative estimate of drug-likeness (QED) is 0.542. The van der Waals surface area contributed by atoms with E-state index in [1.807, 2.05) is 24.3 Å². The minimum Gasteiger partial charge on any atom is -0.504 e. The highest BCUT2D eigenvalue weighted by molar-refractivity contribution is 5.78. The Kier molecular flexibility index (Phi) is 4.40. The Labute approximate surface area is 121 Å². The number of benzene rings is 2. The number of ether oxygens (including phenoxy) is 1. The first-order valence-corrected chi connectivity index (χ1v) is 6.21. The number of hydrogen-bond donors (Lipinski definition) is 4. The van der Waals surface area contributed by atoms with E-state index in [1.54, 1.807) is 12.1 Å². The van der Waals surface area contributed by atoms with Crippen LogP contribution in [0.25, 0.3) is 11.0 Å². The van der Waals surface area contributed by atoms with E-state index in [2.05, 4.69) is 9.97 Å². The fourth-order valence-corrected chi connectivity index (χ4v) is 1.76. The molecule has 6 heteroatoms. The number of para-hydroxylation sites is 2. The summed E-state index contributed by atoms with van der Waals surface area (Å²) in [6, 6.07) is 12.5. The van der Waals surface area contributed by atoms with Gasteiger partial charge in [0.15, 0.2) is 17.4 Å². The molecule has 1 heterocycles. The molecule has 0 amide bonds. The molecule has 0 fully saturated rings. The first-order valence-electron chi connectivity index (χ1n) is 6.21. The van der Waals surface area contributed by atoms with Crippen LogP contribution in [0.4, 0.5) is 5.95 Å². The first-order chi connectivity index (χ1) is 10.1. The maximum Gasteiger partial charge on any atom is 0.198 e. The van der Waals surface area contributed by atoms with Crippen LogP contribution in [-0.4, -0.2) is 28.4 Å². The van der Waals surface area contributed by atoms with Crippen LogP contribution in [0.5, 0.6) is 11.5 Å². The van der Waals surface area contributed by atoms with Crippen LogP contribution in [0.15, 0.2) is 42.5 Å². The van der Waals surface area contributed by atoms with Gasteiger partial charge in [-0.05, 0) is 35.9 Å². The third kappa shape index (κ3) is 3.50. The topological polar surface area (TPSA) is 108 Å². The summed E-state index contributed by atoms with van der Waals surface area (Å²) in [6.07, 6.45) is 1.20. The second kappa shape index (κ2) is 6.42. The lowest BCUT2D eigenvalue weighted by atomic mass is 10.2. The van der Waals surface area contributed by atoms with Crippen LogP contribution >= 0.6 is 0 Å². The van der Waals surface area contributed by atoms with Gasteiger partial charge in [0.1, 0.15) is 0 Å². The summed E-state index contributed by atoms with van der Waals surface area (Å²) >= 11 is 0. The highest BCUT2D eigenvalue weighted by Crippen LogP contribution is 2.25. The number of nitrogens with one attached hydrogen (secondary N) is 2. The molecule has 108 valence electrons. The van der Waals surface area contributed by atoms with E-state index >= 15 is 0 Å². The van der Waals surface area contributed by atoms with Gasteiger partial charge in [-0.2, -0.15) is 0 Å². The number of nitrogen functional groups attached to an aromatic ring is 1. The average molecular weight is 284 g/mol. The van der Waals surface area contributed by atoms with Gasteiger partial charge in [-0.1, -0.05) is 12.1 Å². The maximum absolute atomic E-state index is 9.13. The van der Waals surface area contributed by atoms with Crippen molar-refractivity contribution in [2.45, 2.75) is 0 Å². The molecular weight excluding hydrogens is 268 g/mol. The van der Waals surface area contributed by atoms with Gasteiger partial charge in [-0.25, -0.2) is 4.98 Å². The van der Waals surface area contributed by atoms with Gasteiger partial charge in [-0.15, -0.1) is 0 Å². The number of anilines is 1. The standard InChI is InChI=1S/C8H9NO2.C7H7N3/c1-11-8-4-6(5-9)2-3-7(8)10;8-7-9-5-3-1-2-4-6(5)10-7/h2-5,9-10H,1H3;1-4H,(H3,8,9,10). The summed E-state index contributed by atoms with van der Waals surface area (Å²) in [5.41, 5.74) is 8.03. The number of aromatic amines is 1. The molecule has 1 aromatic heterocycles. The lowest BCUT2D eigenvalue weighted by Crippen LogP contribution is -1.85. The molecule has 3 aromatic rings. The van der Waals surface area contributed by atoms with Gasteiger partial charge in [0.25, 0.3) is 0 Å². The normalized spacial score (nSPS) is 9.76. The monoisotopic (exact) mass is 284 g/mol. The van der Waals surface area contributed by atoms with Crippen molar-refractivity contribution in [1.82, 2.24) is 9.97 Å². The Hall–Kier alpha value is -3.02. The molecule has 0 saturated heterocycles. The number of aromatic hydroxyl groups is 1. The SMILES string of the molecule is COc1cc(C=N)ccc1O.Nc1nc2ccccc2[nH]1. The molecule has 0 bridgehead atoms. The van der Waals surface area contributed by atoms with E-state index in [9.17, 15) is 0 Å². The van der Waals surface area contributed by atoms with E-state index in [0.717, 1.165) is 11.0 Å². The fraction of sp³-hybridized carbons (Fsp3) is 0.0667. The Morgan fingerprint density at radius 1 is 1.29 bits per heavy atom. The number of rotatable bonds is 2. The van der Waals surface area contributed by atoms with Gasteiger partial charge in [0, 0.05) is 6.21 Å². The molecule has 0 unspecified atom stereocenters. The van der Waals surface area contributed by atoms with E-state index < -0.39 is 0 Å². The number of methoxy groups -OCH3 is 1. The minimum absolute atomic E-state index is 0.0955. The number of imidazole rings is 1. The Bertz CT molecular complexity index is 719. The second-order valence-corrected chi connectivity index (χ2v) is 4.21. The zero-order valence-electron chi connectivity index (χ0n) is 11.5. The molecule has 0 atom stereocenters. The molecule has 3 rings (SSSR count). The zero-order valence-corrected chi connectivity index (χ0v) is 11.5. The first kappa shape index (κ1) is 14.4. The van der Waals surface area contributed by atoms with Gasteiger partial charge in [0.2, 0.25) is 0 Å². The zero-order chi connectivity index (χ0) is 15.2. The number of H-pyrrole nitrogens is 1. The van der Waals surface area contributed by atoms with E-state index in [-0.39, 0.29) is 5.75 Å². The molecule has 0 aliphatic heterocycles. The summed E-state index contributed by atoms with van der Waals surface area (Å²) in [5.74, 6) is 0.963. The summed E-state index contributed by atoms with van der Waals surface area (Å²) in [4.78, 5) is 6.96. The molecule has 0 saturated carbocycles. The average Bonchev–Trinajstić information content (AvgIpc) is 2.88. The van der Waals surface area contributed by atoms with Gasteiger partial charge >= 0.3 is 0 Å². The van der Waals surface area contributed by atoms with Crippen molar-refractivity contribution in [2.24, 2.45) is 0 Å². The largest absolute Gasteiger partial charge is 0.504 e. The van der Waals surface area contributed by atoms with Crippen LogP contribution < -0.4 is 10.5 Å². The molecule has 21 heavy (non-hydrogen) atoms. The lowest BCUT2D eigenvalue weighted by molar-refractivity contribution is 0.373. The minimum atomic E-state index is 0.0955. The molecule has 5 N–H and O–H groups in total. The lowest BCUT2D eigenvalue weighted by Gasteiger charge is -2.02. The number of nitrogens with two attached hydrogens (primary N) is 1. The third-order valence-corrected chi connectivity index (χ3v) is 2.78. The number of phenolic OH excluding ortho intramolecular Hbond substituents is 1. The van der Waals surface area contributed by atoms with Crippen LogP contribution in [0.3, 0.4) is 0 Å². The van der Waals surface area contributed by atoms with Gasteiger partial charge < -0.3 is 26.0 Å².